The lowest BCUT2D eigenvalue weighted by atomic mass is 10.1. The lowest BCUT2D eigenvalue weighted by Gasteiger charge is -2.43. The largest absolute Gasteiger partial charge is 0.407 e. The van der Waals surface area contributed by atoms with Gasteiger partial charge in [-0.05, 0) is 57.6 Å². The minimum absolute atomic E-state index is 0.118. The van der Waals surface area contributed by atoms with E-state index in [9.17, 15) is 8.42 Å². The van der Waals surface area contributed by atoms with Crippen LogP contribution in [0.3, 0.4) is 0 Å². The summed E-state index contributed by atoms with van der Waals surface area (Å²) < 4.78 is 34.3. The highest BCUT2D eigenvalue weighted by Crippen LogP contribution is 2.37. The molecule has 0 bridgehead atoms. The second-order valence-electron chi connectivity index (χ2n) is 10.9. The van der Waals surface area contributed by atoms with Crippen LogP contribution in [0.1, 0.15) is 40.0 Å². The van der Waals surface area contributed by atoms with E-state index in [0.29, 0.717) is 30.8 Å². The summed E-state index contributed by atoms with van der Waals surface area (Å²) in [6.07, 6.45) is 3.29. The topological polar surface area (TPSA) is 43.4 Å². The molecule has 0 saturated heterocycles. The summed E-state index contributed by atoms with van der Waals surface area (Å²) in [5, 5.41) is 3.76. The fourth-order valence-electron chi connectivity index (χ4n) is 5.42. The van der Waals surface area contributed by atoms with Crippen LogP contribution in [0, 0.1) is 0 Å². The van der Waals surface area contributed by atoms with Gasteiger partial charge in [0.25, 0.3) is 8.32 Å². The number of hydrogen-bond acceptors (Lipinski definition) is 3. The Hall–Kier alpha value is -2.99. The maximum Gasteiger partial charge on any atom is 0.261 e. The van der Waals surface area contributed by atoms with Gasteiger partial charge in [0.15, 0.2) is 9.84 Å². The molecule has 0 fully saturated rings. The van der Waals surface area contributed by atoms with Gasteiger partial charge in [0.05, 0.1) is 10.1 Å². The molecule has 1 atom stereocenters. The number of benzene rings is 4. The van der Waals surface area contributed by atoms with E-state index in [1.54, 1.807) is 18.2 Å². The van der Waals surface area contributed by atoms with Gasteiger partial charge in [-0.25, -0.2) is 8.42 Å². The van der Waals surface area contributed by atoms with E-state index in [0.717, 1.165) is 10.8 Å². The Morgan fingerprint density at radius 1 is 0.816 bits per heavy atom. The van der Waals surface area contributed by atoms with E-state index in [4.69, 9.17) is 4.43 Å². The predicted octanol–water partition coefficient (Wildman–Crippen LogP) is 6.92. The molecule has 3 nitrogen and oxygen atoms in total. The summed E-state index contributed by atoms with van der Waals surface area (Å²) in [4.78, 5) is 0.371. The quantitative estimate of drug-likeness (QED) is 0.117. The maximum atomic E-state index is 13.7. The summed E-state index contributed by atoms with van der Waals surface area (Å²) in [7, 11) is -6.17. The van der Waals surface area contributed by atoms with Crippen molar-refractivity contribution in [3.63, 3.8) is 0 Å². The first kappa shape index (κ1) is 28.0. The Labute approximate surface area is 229 Å². The molecule has 0 aliphatic rings. The summed E-state index contributed by atoms with van der Waals surface area (Å²) in [6.45, 7) is 11.1. The van der Waals surface area contributed by atoms with Crippen molar-refractivity contribution in [2.24, 2.45) is 0 Å². The number of hydrogen-bond donors (Lipinski definition) is 0. The third kappa shape index (κ3) is 5.70. The lowest BCUT2D eigenvalue weighted by Crippen LogP contribution is -2.66. The van der Waals surface area contributed by atoms with Crippen LogP contribution in [-0.2, 0) is 14.3 Å². The van der Waals surface area contributed by atoms with E-state index in [-0.39, 0.29) is 5.04 Å². The van der Waals surface area contributed by atoms with Gasteiger partial charge in [0.2, 0.25) is 0 Å². The van der Waals surface area contributed by atoms with E-state index >= 15 is 0 Å². The number of fused-ring (bicyclic) bond motifs is 1. The number of rotatable bonds is 11. The highest BCUT2D eigenvalue weighted by Gasteiger charge is 2.50. The Kier molecular flexibility index (Phi) is 8.71. The molecular weight excluding hydrogens is 505 g/mol. The van der Waals surface area contributed by atoms with Crippen LogP contribution < -0.4 is 10.4 Å². The predicted molar refractivity (Wildman–Crippen MR) is 163 cm³/mol. The molecule has 1 unspecified atom stereocenters. The zero-order valence-electron chi connectivity index (χ0n) is 22.6. The van der Waals surface area contributed by atoms with Crippen LogP contribution in [-0.4, -0.2) is 28.6 Å². The summed E-state index contributed by atoms with van der Waals surface area (Å²) in [5.41, 5.74) is 0. The zero-order chi connectivity index (χ0) is 27.2. The van der Waals surface area contributed by atoms with Gasteiger partial charge in [-0.15, -0.1) is 6.58 Å². The van der Waals surface area contributed by atoms with E-state index in [1.165, 1.54) is 10.4 Å². The van der Waals surface area contributed by atoms with Crippen molar-refractivity contribution in [2.45, 2.75) is 55.2 Å². The molecule has 0 aromatic heterocycles. The van der Waals surface area contributed by atoms with Crippen LogP contribution in [0.2, 0.25) is 5.04 Å². The van der Waals surface area contributed by atoms with E-state index in [2.05, 4.69) is 75.9 Å². The van der Waals surface area contributed by atoms with Crippen molar-refractivity contribution in [3.8, 4) is 0 Å². The minimum Gasteiger partial charge on any atom is -0.407 e. The van der Waals surface area contributed by atoms with Crippen LogP contribution in [0.25, 0.3) is 10.8 Å². The molecule has 0 radical (unpaired) electrons. The molecule has 0 aliphatic heterocycles. The molecule has 0 aliphatic carbocycles. The molecule has 198 valence electrons. The molecular formula is C33H38O3SSi. The lowest BCUT2D eigenvalue weighted by molar-refractivity contribution is 0.287. The molecule has 4 aromatic rings. The van der Waals surface area contributed by atoms with Crippen molar-refractivity contribution in [3.05, 3.63) is 116 Å². The highest BCUT2D eigenvalue weighted by molar-refractivity contribution is 7.92. The van der Waals surface area contributed by atoms with Crippen molar-refractivity contribution < 1.29 is 12.8 Å². The summed E-state index contributed by atoms with van der Waals surface area (Å²) >= 11 is 0. The maximum absolute atomic E-state index is 13.7. The summed E-state index contributed by atoms with van der Waals surface area (Å²) in [5.74, 6) is 0. The van der Waals surface area contributed by atoms with E-state index in [1.807, 2.05) is 42.5 Å². The van der Waals surface area contributed by atoms with Crippen molar-refractivity contribution in [2.75, 3.05) is 6.61 Å². The second-order valence-corrected chi connectivity index (χ2v) is 17.4. The first-order valence-electron chi connectivity index (χ1n) is 13.3. The Morgan fingerprint density at radius 2 is 1.37 bits per heavy atom. The van der Waals surface area contributed by atoms with Crippen LogP contribution in [0.4, 0.5) is 0 Å². The van der Waals surface area contributed by atoms with Crippen molar-refractivity contribution >= 4 is 39.3 Å². The first-order valence-corrected chi connectivity index (χ1v) is 16.7. The van der Waals surface area contributed by atoms with Gasteiger partial charge in [0, 0.05) is 6.61 Å². The monoisotopic (exact) mass is 542 g/mol. The van der Waals surface area contributed by atoms with Crippen molar-refractivity contribution in [1.29, 1.82) is 0 Å². The third-order valence-corrected chi connectivity index (χ3v) is 14.6. The number of allylic oxidation sites excluding steroid dienone is 1. The Bertz CT molecular complexity index is 1420. The Balaban J connectivity index is 1.58. The van der Waals surface area contributed by atoms with Gasteiger partial charge in [0.1, 0.15) is 0 Å². The second kappa shape index (κ2) is 11.8. The number of sulfone groups is 1. The fraction of sp³-hybridized carbons (Fsp3) is 0.273. The molecule has 4 aromatic carbocycles. The van der Waals surface area contributed by atoms with Gasteiger partial charge in [-0.1, -0.05) is 118 Å². The zero-order valence-corrected chi connectivity index (χ0v) is 24.5. The molecule has 0 amide bonds. The van der Waals surface area contributed by atoms with Crippen LogP contribution in [0.15, 0.2) is 121 Å². The van der Waals surface area contributed by atoms with Crippen LogP contribution >= 0.6 is 0 Å². The third-order valence-electron chi connectivity index (χ3n) is 7.32. The van der Waals surface area contributed by atoms with Gasteiger partial charge in [-0.3, -0.25) is 0 Å². The average Bonchev–Trinajstić information content (AvgIpc) is 2.92. The molecule has 38 heavy (non-hydrogen) atoms. The standard InChI is InChI=1S/C33H38O3SSi/c1-5-15-29(37(34,35)30-24-23-27-16-12-13-17-28(27)26-30)18-14-25-36-38(33(2,3)4,31-19-8-6-9-20-31)32-21-10-7-11-22-32/h5-13,16-17,19-24,26,29H,1,14-15,18,25H2,2-4H3. The molecule has 4 rings (SSSR count). The van der Waals surface area contributed by atoms with Gasteiger partial charge < -0.3 is 4.43 Å². The van der Waals surface area contributed by atoms with Gasteiger partial charge >= 0.3 is 0 Å². The first-order chi connectivity index (χ1) is 18.2. The van der Waals surface area contributed by atoms with Crippen molar-refractivity contribution in [1.82, 2.24) is 0 Å². The fourth-order valence-corrected chi connectivity index (χ4v) is 11.8. The molecule has 5 heteroatoms. The normalized spacial score (nSPS) is 13.3. The molecule has 0 N–H and O–H groups in total. The van der Waals surface area contributed by atoms with Gasteiger partial charge in [-0.2, -0.15) is 0 Å². The average molecular weight is 543 g/mol. The molecule has 0 heterocycles. The van der Waals surface area contributed by atoms with E-state index < -0.39 is 23.4 Å². The highest BCUT2D eigenvalue weighted by atomic mass is 32.2. The SMILES string of the molecule is C=CCC(CCCO[Si](c1ccccc1)(c1ccccc1)C(C)(C)C)S(=O)(=O)c1ccc2ccccc2c1. The molecule has 0 spiro atoms. The minimum atomic E-state index is -3.52. The van der Waals surface area contributed by atoms with Crippen LogP contribution in [0.5, 0.6) is 0 Å². The summed E-state index contributed by atoms with van der Waals surface area (Å²) in [6, 6.07) is 34.3. The molecule has 0 saturated carbocycles. The Morgan fingerprint density at radius 3 is 1.92 bits per heavy atom. The smallest absolute Gasteiger partial charge is 0.261 e.